The summed E-state index contributed by atoms with van der Waals surface area (Å²) in [6.45, 7) is 0. The van der Waals surface area contributed by atoms with Crippen LogP contribution in [0.4, 0.5) is 0 Å². The molecule has 3 aromatic heterocycles. The maximum atomic E-state index is 12.9. The third-order valence-electron chi connectivity index (χ3n) is 4.71. The Bertz CT molecular complexity index is 1300. The summed E-state index contributed by atoms with van der Waals surface area (Å²) < 4.78 is 7.34. The van der Waals surface area contributed by atoms with E-state index in [9.17, 15) is 9.59 Å². The van der Waals surface area contributed by atoms with E-state index >= 15 is 0 Å². The fourth-order valence-corrected chi connectivity index (χ4v) is 3.10. The Hall–Kier alpha value is -4.07. The van der Waals surface area contributed by atoms with Gasteiger partial charge in [-0.15, -0.1) is 0 Å². The lowest BCUT2D eigenvalue weighted by Crippen LogP contribution is -2.33. The number of hydrogen-bond donors (Lipinski definition) is 1. The zero-order valence-corrected chi connectivity index (χ0v) is 15.9. The van der Waals surface area contributed by atoms with E-state index in [1.54, 1.807) is 61.1 Å². The summed E-state index contributed by atoms with van der Waals surface area (Å²) in [5.41, 5.74) is 0.390. The minimum Gasteiger partial charge on any atom is -0.456 e. The van der Waals surface area contributed by atoms with Crippen molar-refractivity contribution in [1.29, 1.82) is 0 Å². The van der Waals surface area contributed by atoms with Crippen LogP contribution in [0.5, 0.6) is 11.5 Å². The SMILES string of the molecule is O=C(NC1CC1)c1nn(-c2cccc(Oc3cccnc3)c2)c2ncccc2c1=O. The fraction of sp³-hybridized carbons (Fsp3) is 0.136. The van der Waals surface area contributed by atoms with Gasteiger partial charge in [-0.25, -0.2) is 9.67 Å². The van der Waals surface area contributed by atoms with E-state index in [2.05, 4.69) is 20.4 Å². The van der Waals surface area contributed by atoms with Gasteiger partial charge < -0.3 is 10.1 Å². The number of nitrogens with one attached hydrogen (secondary N) is 1. The summed E-state index contributed by atoms with van der Waals surface area (Å²) in [5.74, 6) is 0.689. The number of pyridine rings is 2. The highest BCUT2D eigenvalue weighted by Gasteiger charge is 2.27. The number of ether oxygens (including phenoxy) is 1. The van der Waals surface area contributed by atoms with Gasteiger partial charge in [0.1, 0.15) is 11.5 Å². The Morgan fingerprint density at radius 1 is 1.07 bits per heavy atom. The average molecular weight is 399 g/mol. The number of benzene rings is 1. The topological polar surface area (TPSA) is 99.0 Å². The summed E-state index contributed by atoms with van der Waals surface area (Å²) >= 11 is 0. The first-order valence-electron chi connectivity index (χ1n) is 9.56. The zero-order valence-electron chi connectivity index (χ0n) is 15.9. The molecule has 1 aliphatic rings. The standard InChI is InChI=1S/C22H17N5O3/c28-20-18-7-3-11-24-21(18)27(26-19(20)22(29)25-14-8-9-14)15-4-1-5-16(12-15)30-17-6-2-10-23-13-17/h1-7,10-14H,8-9H2,(H,25,29). The lowest BCUT2D eigenvalue weighted by atomic mass is 10.2. The molecule has 1 saturated carbocycles. The molecule has 0 aliphatic heterocycles. The average Bonchev–Trinajstić information content (AvgIpc) is 3.59. The molecule has 1 aromatic carbocycles. The Balaban J connectivity index is 1.61. The van der Waals surface area contributed by atoms with Crippen LogP contribution in [0.25, 0.3) is 16.7 Å². The molecule has 148 valence electrons. The van der Waals surface area contributed by atoms with E-state index in [-0.39, 0.29) is 11.7 Å². The van der Waals surface area contributed by atoms with Gasteiger partial charge in [-0.3, -0.25) is 14.6 Å². The maximum absolute atomic E-state index is 12.9. The van der Waals surface area contributed by atoms with Gasteiger partial charge in [-0.2, -0.15) is 5.10 Å². The van der Waals surface area contributed by atoms with Crippen LogP contribution in [0, 0.1) is 0 Å². The van der Waals surface area contributed by atoms with Gasteiger partial charge in [-0.05, 0) is 49.2 Å². The van der Waals surface area contributed by atoms with Crippen LogP contribution in [0.3, 0.4) is 0 Å². The molecule has 1 fully saturated rings. The van der Waals surface area contributed by atoms with Crippen molar-refractivity contribution in [1.82, 2.24) is 25.1 Å². The van der Waals surface area contributed by atoms with Crippen molar-refractivity contribution < 1.29 is 9.53 Å². The zero-order chi connectivity index (χ0) is 20.5. The lowest BCUT2D eigenvalue weighted by Gasteiger charge is -2.12. The van der Waals surface area contributed by atoms with E-state index in [0.29, 0.717) is 28.2 Å². The highest BCUT2D eigenvalue weighted by atomic mass is 16.5. The van der Waals surface area contributed by atoms with Crippen molar-refractivity contribution in [3.8, 4) is 17.2 Å². The van der Waals surface area contributed by atoms with Crippen molar-refractivity contribution >= 4 is 16.9 Å². The summed E-state index contributed by atoms with van der Waals surface area (Å²) in [5, 5.41) is 7.52. The van der Waals surface area contributed by atoms with E-state index in [0.717, 1.165) is 12.8 Å². The first-order chi connectivity index (χ1) is 14.7. The molecule has 0 bridgehead atoms. The molecule has 4 aromatic rings. The molecule has 1 aliphatic carbocycles. The predicted octanol–water partition coefficient (Wildman–Crippen LogP) is 2.86. The lowest BCUT2D eigenvalue weighted by molar-refractivity contribution is 0.0943. The molecule has 8 nitrogen and oxygen atoms in total. The third kappa shape index (κ3) is 3.50. The minimum atomic E-state index is -0.468. The van der Waals surface area contributed by atoms with Crippen molar-refractivity contribution in [2.75, 3.05) is 0 Å². The first-order valence-corrected chi connectivity index (χ1v) is 9.56. The number of hydrogen-bond acceptors (Lipinski definition) is 6. The van der Waals surface area contributed by atoms with Crippen molar-refractivity contribution in [2.24, 2.45) is 0 Å². The monoisotopic (exact) mass is 399 g/mol. The minimum absolute atomic E-state index is 0.118. The second kappa shape index (κ2) is 7.40. The molecule has 0 spiro atoms. The van der Waals surface area contributed by atoms with E-state index in [4.69, 9.17) is 4.74 Å². The van der Waals surface area contributed by atoms with Crippen LogP contribution >= 0.6 is 0 Å². The Labute approximate surface area is 171 Å². The maximum Gasteiger partial charge on any atom is 0.276 e. The van der Waals surface area contributed by atoms with Crippen molar-refractivity contribution in [3.63, 3.8) is 0 Å². The first kappa shape index (κ1) is 18.0. The number of fused-ring (bicyclic) bond motifs is 1. The summed E-state index contributed by atoms with van der Waals surface area (Å²) in [6.07, 6.45) is 6.70. The van der Waals surface area contributed by atoms with E-state index in [1.165, 1.54) is 4.68 Å². The van der Waals surface area contributed by atoms with Crippen LogP contribution in [0.1, 0.15) is 23.3 Å². The highest BCUT2D eigenvalue weighted by molar-refractivity contribution is 5.95. The molecule has 5 rings (SSSR count). The van der Waals surface area contributed by atoms with Crippen LogP contribution in [0.2, 0.25) is 0 Å². The van der Waals surface area contributed by atoms with Gasteiger partial charge in [0.05, 0.1) is 17.3 Å². The smallest absolute Gasteiger partial charge is 0.276 e. The quantitative estimate of drug-likeness (QED) is 0.554. The molecule has 1 amide bonds. The van der Waals surface area contributed by atoms with Crippen molar-refractivity contribution in [3.05, 3.63) is 83.0 Å². The molecule has 0 atom stereocenters. The molecular formula is C22H17N5O3. The van der Waals surface area contributed by atoms with Crippen LogP contribution in [-0.4, -0.2) is 31.7 Å². The van der Waals surface area contributed by atoms with Gasteiger partial charge in [0.2, 0.25) is 5.43 Å². The van der Waals surface area contributed by atoms with E-state index < -0.39 is 11.3 Å². The molecule has 0 unspecified atom stereocenters. The summed E-state index contributed by atoms with van der Waals surface area (Å²) in [6, 6.07) is 14.2. The molecular weight excluding hydrogens is 382 g/mol. The van der Waals surface area contributed by atoms with Gasteiger partial charge in [-0.1, -0.05) is 6.07 Å². The fourth-order valence-electron chi connectivity index (χ4n) is 3.10. The Kier molecular flexibility index (Phi) is 4.44. The number of rotatable bonds is 5. The molecule has 8 heteroatoms. The molecule has 3 heterocycles. The highest BCUT2D eigenvalue weighted by Crippen LogP contribution is 2.24. The van der Waals surface area contributed by atoms with Gasteiger partial charge >= 0.3 is 0 Å². The van der Waals surface area contributed by atoms with Crippen LogP contribution < -0.4 is 15.5 Å². The molecule has 0 radical (unpaired) electrons. The second-order valence-corrected chi connectivity index (χ2v) is 7.00. The number of carbonyl (C=O) groups is 1. The second-order valence-electron chi connectivity index (χ2n) is 7.00. The number of amides is 1. The number of carbonyl (C=O) groups excluding carboxylic acids is 1. The van der Waals surface area contributed by atoms with Gasteiger partial charge in [0.15, 0.2) is 11.3 Å². The van der Waals surface area contributed by atoms with Crippen molar-refractivity contribution in [2.45, 2.75) is 18.9 Å². The summed E-state index contributed by atoms with van der Waals surface area (Å²) in [7, 11) is 0. The Morgan fingerprint density at radius 2 is 1.90 bits per heavy atom. The largest absolute Gasteiger partial charge is 0.456 e. The number of aromatic nitrogens is 4. The molecule has 0 saturated heterocycles. The normalized spacial score (nSPS) is 13.2. The number of nitrogens with zero attached hydrogens (tertiary/aromatic N) is 4. The third-order valence-corrected chi connectivity index (χ3v) is 4.71. The Morgan fingerprint density at radius 3 is 2.70 bits per heavy atom. The van der Waals surface area contributed by atoms with Gasteiger partial charge in [0, 0.05) is 24.5 Å². The van der Waals surface area contributed by atoms with Crippen LogP contribution in [0.15, 0.2) is 71.9 Å². The molecule has 30 heavy (non-hydrogen) atoms. The summed E-state index contributed by atoms with van der Waals surface area (Å²) in [4.78, 5) is 33.8. The van der Waals surface area contributed by atoms with E-state index in [1.807, 2.05) is 6.07 Å². The van der Waals surface area contributed by atoms with Crippen LogP contribution in [-0.2, 0) is 0 Å². The molecule has 1 N–H and O–H groups in total. The van der Waals surface area contributed by atoms with Gasteiger partial charge in [0.25, 0.3) is 5.91 Å². The predicted molar refractivity (Wildman–Crippen MR) is 110 cm³/mol.